The summed E-state index contributed by atoms with van der Waals surface area (Å²) >= 11 is 7.34. The lowest BCUT2D eigenvalue weighted by Crippen LogP contribution is -2.45. The highest BCUT2D eigenvalue weighted by Crippen LogP contribution is 2.45. The first-order valence-electron chi connectivity index (χ1n) is 7.98. The van der Waals surface area contributed by atoms with Crippen molar-refractivity contribution in [3.63, 3.8) is 0 Å². The first-order valence-corrected chi connectivity index (χ1v) is 9.27. The van der Waals surface area contributed by atoms with Gasteiger partial charge in [0.2, 0.25) is 0 Å². The lowest BCUT2D eigenvalue weighted by Gasteiger charge is -2.46. The highest BCUT2D eigenvalue weighted by molar-refractivity contribution is 8.23. The van der Waals surface area contributed by atoms with Gasteiger partial charge in [0.1, 0.15) is 22.0 Å². The molecule has 2 unspecified atom stereocenters. The Balaban J connectivity index is 1.92. The molecule has 0 amide bonds. The number of thiocarbonyl (C=S) groups is 1. The van der Waals surface area contributed by atoms with Gasteiger partial charge in [0, 0.05) is 7.05 Å². The summed E-state index contributed by atoms with van der Waals surface area (Å²) in [6, 6.07) is 16.4. The number of ether oxygens (including phenoxy) is 2. The highest BCUT2D eigenvalue weighted by atomic mass is 32.2. The predicted octanol–water partition coefficient (Wildman–Crippen LogP) is 4.30. The van der Waals surface area contributed by atoms with E-state index in [0.29, 0.717) is 0 Å². The molecule has 2 aromatic carbocycles. The van der Waals surface area contributed by atoms with Gasteiger partial charge in [-0.15, -0.1) is 0 Å². The van der Waals surface area contributed by atoms with Crippen LogP contribution in [-0.4, -0.2) is 42.4 Å². The molecule has 1 aliphatic heterocycles. The van der Waals surface area contributed by atoms with E-state index in [1.54, 1.807) is 26.0 Å². The topological polar surface area (TPSA) is 24.9 Å². The Morgan fingerprint density at radius 1 is 0.840 bits per heavy atom. The lowest BCUT2D eigenvalue weighted by molar-refractivity contribution is 0.122. The van der Waals surface area contributed by atoms with Gasteiger partial charge in [-0.2, -0.15) is 0 Å². The van der Waals surface area contributed by atoms with Gasteiger partial charge in [-0.3, -0.25) is 4.90 Å². The Kier molecular flexibility index (Phi) is 5.51. The molecular weight excluding hydrogens is 352 g/mol. The zero-order valence-electron chi connectivity index (χ0n) is 14.8. The van der Waals surface area contributed by atoms with E-state index >= 15 is 0 Å². The van der Waals surface area contributed by atoms with Gasteiger partial charge in [0.15, 0.2) is 0 Å². The maximum absolute atomic E-state index is 5.65. The number of methoxy groups -OCH3 is 2. The van der Waals surface area contributed by atoms with Gasteiger partial charge in [-0.1, -0.05) is 48.2 Å². The zero-order chi connectivity index (χ0) is 18.0. The number of nitrogens with zero attached hydrogens (tertiary/aromatic N) is 2. The number of hydrogen-bond acceptors (Lipinski definition) is 5. The number of thioether (sulfide) groups is 1. The van der Waals surface area contributed by atoms with E-state index in [2.05, 4.69) is 41.1 Å². The predicted molar refractivity (Wildman–Crippen MR) is 107 cm³/mol. The average molecular weight is 375 g/mol. The monoisotopic (exact) mass is 374 g/mol. The van der Waals surface area contributed by atoms with E-state index < -0.39 is 0 Å². The van der Waals surface area contributed by atoms with Crippen LogP contribution in [0.5, 0.6) is 11.5 Å². The molecule has 2 atom stereocenters. The Morgan fingerprint density at radius 3 is 1.80 bits per heavy atom. The van der Waals surface area contributed by atoms with Gasteiger partial charge in [-0.25, -0.2) is 0 Å². The van der Waals surface area contributed by atoms with E-state index in [0.717, 1.165) is 15.8 Å². The molecular formula is C19H22N2O2S2. The van der Waals surface area contributed by atoms with E-state index in [1.165, 1.54) is 11.1 Å². The molecule has 1 heterocycles. The van der Waals surface area contributed by atoms with Crippen LogP contribution < -0.4 is 9.47 Å². The molecule has 6 heteroatoms. The Hall–Kier alpha value is -1.76. The normalized spacial score (nSPS) is 21.3. The molecule has 0 radical (unpaired) electrons. The number of rotatable bonds is 4. The fourth-order valence-corrected chi connectivity index (χ4v) is 4.47. The highest BCUT2D eigenvalue weighted by Gasteiger charge is 2.36. The van der Waals surface area contributed by atoms with Crippen LogP contribution in [-0.2, 0) is 0 Å². The van der Waals surface area contributed by atoms with Crippen molar-refractivity contribution in [2.45, 2.75) is 11.5 Å². The van der Waals surface area contributed by atoms with Crippen LogP contribution in [0.2, 0.25) is 0 Å². The fraction of sp³-hybridized carbons (Fsp3) is 0.316. The van der Waals surface area contributed by atoms with Crippen molar-refractivity contribution in [3.05, 3.63) is 59.7 Å². The Morgan fingerprint density at radius 2 is 1.32 bits per heavy atom. The molecule has 25 heavy (non-hydrogen) atoms. The minimum Gasteiger partial charge on any atom is -0.497 e. The molecule has 3 rings (SSSR count). The van der Waals surface area contributed by atoms with E-state index in [9.17, 15) is 0 Å². The van der Waals surface area contributed by atoms with Crippen molar-refractivity contribution in [3.8, 4) is 11.5 Å². The van der Waals surface area contributed by atoms with Crippen LogP contribution in [0.3, 0.4) is 0 Å². The van der Waals surface area contributed by atoms with Crippen molar-refractivity contribution in [2.24, 2.45) is 0 Å². The minimum absolute atomic E-state index is 0.0757. The number of hydrogen-bond donors (Lipinski definition) is 0. The lowest BCUT2D eigenvalue weighted by atomic mass is 10.1. The third-order valence-electron chi connectivity index (χ3n) is 4.44. The maximum atomic E-state index is 5.65. The van der Waals surface area contributed by atoms with Crippen molar-refractivity contribution >= 4 is 28.3 Å². The van der Waals surface area contributed by atoms with Crippen molar-refractivity contribution < 1.29 is 9.47 Å². The quantitative estimate of drug-likeness (QED) is 0.740. The summed E-state index contributed by atoms with van der Waals surface area (Å²) in [5.41, 5.74) is 2.40. The van der Waals surface area contributed by atoms with Crippen molar-refractivity contribution in [2.75, 3.05) is 28.3 Å². The molecule has 0 spiro atoms. The van der Waals surface area contributed by atoms with E-state index in [-0.39, 0.29) is 11.5 Å². The molecule has 4 nitrogen and oxygen atoms in total. The van der Waals surface area contributed by atoms with Crippen LogP contribution in [0.4, 0.5) is 0 Å². The van der Waals surface area contributed by atoms with Crippen LogP contribution in [0, 0.1) is 0 Å². The largest absolute Gasteiger partial charge is 0.497 e. The first-order chi connectivity index (χ1) is 12.0. The number of benzene rings is 2. The van der Waals surface area contributed by atoms with E-state index in [1.807, 2.05) is 31.3 Å². The maximum Gasteiger partial charge on any atom is 0.139 e. The van der Waals surface area contributed by atoms with Gasteiger partial charge in [0.25, 0.3) is 0 Å². The smallest absolute Gasteiger partial charge is 0.139 e. The molecule has 1 aliphatic rings. The minimum atomic E-state index is 0.0757. The van der Waals surface area contributed by atoms with Crippen molar-refractivity contribution in [1.29, 1.82) is 0 Å². The standard InChI is InChI=1S/C19H22N2O2S2/c1-20-17(13-5-9-15(22-3)10-6-13)21(2)19(24)25-18(20)14-7-11-16(23-4)12-8-14/h5-12,17-18H,1-4H3. The van der Waals surface area contributed by atoms with Gasteiger partial charge < -0.3 is 14.4 Å². The zero-order valence-corrected chi connectivity index (χ0v) is 16.4. The second-order valence-electron chi connectivity index (χ2n) is 5.93. The molecule has 0 aromatic heterocycles. The molecule has 1 saturated heterocycles. The summed E-state index contributed by atoms with van der Waals surface area (Å²) in [6.07, 6.45) is 0.0757. The summed E-state index contributed by atoms with van der Waals surface area (Å²) < 4.78 is 11.4. The SMILES string of the molecule is COc1ccc(C2SC(=S)N(C)C(c3ccc(OC)cc3)N2C)cc1. The second kappa shape index (κ2) is 7.64. The van der Waals surface area contributed by atoms with Crippen LogP contribution >= 0.6 is 24.0 Å². The molecule has 0 N–H and O–H groups in total. The third kappa shape index (κ3) is 3.61. The van der Waals surface area contributed by atoms with Gasteiger partial charge >= 0.3 is 0 Å². The van der Waals surface area contributed by atoms with Crippen LogP contribution in [0.15, 0.2) is 48.5 Å². The van der Waals surface area contributed by atoms with Crippen LogP contribution in [0.1, 0.15) is 22.7 Å². The van der Waals surface area contributed by atoms with Crippen molar-refractivity contribution in [1.82, 2.24) is 9.80 Å². The summed E-state index contributed by atoms with van der Waals surface area (Å²) in [6.45, 7) is 0. The Labute approximate surface area is 158 Å². The molecule has 0 aliphatic carbocycles. The molecule has 1 fully saturated rings. The average Bonchev–Trinajstić information content (AvgIpc) is 2.65. The summed E-state index contributed by atoms with van der Waals surface area (Å²) in [7, 11) is 7.54. The van der Waals surface area contributed by atoms with E-state index in [4.69, 9.17) is 21.7 Å². The molecule has 0 bridgehead atoms. The third-order valence-corrected chi connectivity index (χ3v) is 6.33. The summed E-state index contributed by atoms with van der Waals surface area (Å²) in [5, 5.41) is 0.154. The molecule has 0 saturated carbocycles. The fourth-order valence-electron chi connectivity index (χ4n) is 3.07. The first kappa shape index (κ1) is 18.0. The summed E-state index contributed by atoms with van der Waals surface area (Å²) in [4.78, 5) is 4.48. The Bertz CT molecular complexity index is 734. The summed E-state index contributed by atoms with van der Waals surface area (Å²) in [5.74, 6) is 1.71. The van der Waals surface area contributed by atoms with Gasteiger partial charge in [-0.05, 0) is 42.4 Å². The second-order valence-corrected chi connectivity index (χ2v) is 7.65. The molecule has 132 valence electrons. The van der Waals surface area contributed by atoms with Crippen LogP contribution in [0.25, 0.3) is 0 Å². The molecule has 2 aromatic rings. The van der Waals surface area contributed by atoms with Gasteiger partial charge in [0.05, 0.1) is 19.6 Å².